The molecule has 0 aliphatic heterocycles. The number of nitro benzene ring substituents is 1. The molecule has 1 heterocycles. The number of hydrogen-bond donors (Lipinski definition) is 1. The summed E-state index contributed by atoms with van der Waals surface area (Å²) in [5.41, 5.74) is 8.35. The van der Waals surface area contributed by atoms with E-state index < -0.39 is 10.8 Å². The Morgan fingerprint density at radius 1 is 1.38 bits per heavy atom. The average molecular weight is 343 g/mol. The summed E-state index contributed by atoms with van der Waals surface area (Å²) in [5.74, 6) is -0.462. The van der Waals surface area contributed by atoms with Crippen molar-refractivity contribution in [2.45, 2.75) is 32.6 Å². The van der Waals surface area contributed by atoms with Crippen LogP contribution in [0, 0.1) is 17.0 Å². The number of carbonyl (C=O) groups excluding carboxylic acids is 1. The zero-order chi connectivity index (χ0) is 17.3. The van der Waals surface area contributed by atoms with Crippen LogP contribution in [0.5, 0.6) is 0 Å². The van der Waals surface area contributed by atoms with Crippen molar-refractivity contribution in [3.8, 4) is 0 Å². The Kier molecular flexibility index (Phi) is 4.44. The van der Waals surface area contributed by atoms with Crippen molar-refractivity contribution >= 4 is 34.1 Å². The lowest BCUT2D eigenvalue weighted by Crippen LogP contribution is -2.14. The first-order valence-electron chi connectivity index (χ1n) is 7.71. The van der Waals surface area contributed by atoms with Crippen LogP contribution in [0.3, 0.4) is 0 Å². The second-order valence-corrected chi connectivity index (χ2v) is 6.90. The van der Waals surface area contributed by atoms with Crippen molar-refractivity contribution in [3.05, 3.63) is 55.4 Å². The number of hydrogen-bond acceptors (Lipinski definition) is 5. The third-order valence-corrected chi connectivity index (χ3v) is 5.36. The first-order valence-corrected chi connectivity index (χ1v) is 8.52. The third kappa shape index (κ3) is 3.07. The minimum absolute atomic E-state index is 0.0551. The SMILES string of the molecule is Cc1ccc(C=Nc2sc3c(c2C(N)=O)CCCC3)cc1[N+](=O)[O-]. The molecule has 3 rings (SSSR count). The lowest BCUT2D eigenvalue weighted by atomic mass is 9.95. The quantitative estimate of drug-likeness (QED) is 0.520. The van der Waals surface area contributed by atoms with E-state index in [9.17, 15) is 14.9 Å². The predicted molar refractivity (Wildman–Crippen MR) is 94.6 cm³/mol. The Balaban J connectivity index is 1.98. The van der Waals surface area contributed by atoms with Gasteiger partial charge in [0.05, 0.1) is 10.5 Å². The summed E-state index contributed by atoms with van der Waals surface area (Å²) in [6.45, 7) is 1.69. The lowest BCUT2D eigenvalue weighted by Gasteiger charge is -2.10. The van der Waals surface area contributed by atoms with Gasteiger partial charge in [0.2, 0.25) is 0 Å². The van der Waals surface area contributed by atoms with Gasteiger partial charge in [0, 0.05) is 22.7 Å². The summed E-state index contributed by atoms with van der Waals surface area (Å²) < 4.78 is 0. The van der Waals surface area contributed by atoms with Crippen molar-refractivity contribution in [2.24, 2.45) is 10.7 Å². The van der Waals surface area contributed by atoms with Gasteiger partial charge in [0.25, 0.3) is 11.6 Å². The van der Waals surface area contributed by atoms with Crippen LogP contribution in [0.2, 0.25) is 0 Å². The molecule has 2 aromatic rings. The van der Waals surface area contributed by atoms with Crippen molar-refractivity contribution in [3.63, 3.8) is 0 Å². The van der Waals surface area contributed by atoms with Crippen LogP contribution in [0.4, 0.5) is 10.7 Å². The van der Waals surface area contributed by atoms with Crippen LogP contribution in [0.25, 0.3) is 0 Å². The number of nitrogens with zero attached hydrogens (tertiary/aromatic N) is 2. The molecule has 0 atom stereocenters. The molecule has 0 saturated carbocycles. The second kappa shape index (κ2) is 6.52. The standard InChI is InChI=1S/C17H17N3O3S/c1-10-6-7-11(8-13(10)20(22)23)9-19-17-15(16(18)21)12-4-2-3-5-14(12)24-17/h6-9H,2-5H2,1H3,(H2,18,21). The van der Waals surface area contributed by atoms with E-state index in [0.29, 0.717) is 21.7 Å². The maximum absolute atomic E-state index is 11.8. The highest BCUT2D eigenvalue weighted by atomic mass is 32.1. The Morgan fingerprint density at radius 3 is 2.83 bits per heavy atom. The zero-order valence-corrected chi connectivity index (χ0v) is 14.1. The number of nitro groups is 1. The Hall–Kier alpha value is -2.54. The molecule has 0 unspecified atom stereocenters. The van der Waals surface area contributed by atoms with Gasteiger partial charge in [-0.15, -0.1) is 11.3 Å². The number of fused-ring (bicyclic) bond motifs is 1. The third-order valence-electron chi connectivity index (χ3n) is 4.16. The highest BCUT2D eigenvalue weighted by Crippen LogP contribution is 2.39. The van der Waals surface area contributed by atoms with Gasteiger partial charge in [-0.1, -0.05) is 12.1 Å². The molecule has 0 fully saturated rings. The van der Waals surface area contributed by atoms with Crippen LogP contribution < -0.4 is 5.73 Å². The van der Waals surface area contributed by atoms with E-state index in [1.54, 1.807) is 25.3 Å². The van der Waals surface area contributed by atoms with Crippen LogP contribution in [0.15, 0.2) is 23.2 Å². The number of thiophene rings is 1. The zero-order valence-electron chi connectivity index (χ0n) is 13.2. The summed E-state index contributed by atoms with van der Waals surface area (Å²) in [5, 5.41) is 11.6. The number of aryl methyl sites for hydroxylation is 2. The molecule has 2 N–H and O–H groups in total. The number of nitrogens with two attached hydrogens (primary N) is 1. The summed E-state index contributed by atoms with van der Waals surface area (Å²) in [4.78, 5) is 28.0. The fourth-order valence-corrected chi connectivity index (χ4v) is 4.17. The molecule has 0 saturated heterocycles. The molecule has 1 aliphatic rings. The first kappa shape index (κ1) is 16.3. The number of aliphatic imine (C=N–C) groups is 1. The average Bonchev–Trinajstić information content (AvgIpc) is 2.92. The lowest BCUT2D eigenvalue weighted by molar-refractivity contribution is -0.385. The van der Waals surface area contributed by atoms with Crippen molar-refractivity contribution in [1.82, 2.24) is 0 Å². The second-order valence-electron chi connectivity index (χ2n) is 5.82. The molecule has 1 aromatic heterocycles. The van der Waals surface area contributed by atoms with Crippen molar-refractivity contribution in [1.29, 1.82) is 0 Å². The maximum Gasteiger partial charge on any atom is 0.272 e. The van der Waals surface area contributed by atoms with Gasteiger partial charge in [-0.3, -0.25) is 14.9 Å². The molecule has 1 aliphatic carbocycles. The van der Waals surface area contributed by atoms with Gasteiger partial charge < -0.3 is 5.73 Å². The van der Waals surface area contributed by atoms with E-state index in [4.69, 9.17) is 5.73 Å². The first-order chi connectivity index (χ1) is 11.5. The molecule has 6 nitrogen and oxygen atoms in total. The minimum atomic E-state index is -0.462. The molecular formula is C17H17N3O3S. The van der Waals surface area contributed by atoms with Crippen LogP contribution in [0.1, 0.15) is 44.8 Å². The van der Waals surface area contributed by atoms with Gasteiger partial charge in [-0.25, -0.2) is 4.99 Å². The van der Waals surface area contributed by atoms with Gasteiger partial charge in [-0.2, -0.15) is 0 Å². The summed E-state index contributed by atoms with van der Waals surface area (Å²) >= 11 is 1.49. The largest absolute Gasteiger partial charge is 0.365 e. The number of rotatable bonds is 4. The predicted octanol–water partition coefficient (Wildman–Crippen LogP) is 3.69. The highest BCUT2D eigenvalue weighted by molar-refractivity contribution is 7.16. The number of benzene rings is 1. The normalized spacial score (nSPS) is 13.9. The number of primary amides is 1. The van der Waals surface area contributed by atoms with Crippen molar-refractivity contribution < 1.29 is 9.72 Å². The van der Waals surface area contributed by atoms with Crippen LogP contribution >= 0.6 is 11.3 Å². The number of amides is 1. The van der Waals surface area contributed by atoms with E-state index in [0.717, 1.165) is 31.2 Å². The van der Waals surface area contributed by atoms with E-state index in [2.05, 4.69) is 4.99 Å². The summed E-state index contributed by atoms with van der Waals surface area (Å²) in [6.07, 6.45) is 5.52. The van der Waals surface area contributed by atoms with Crippen LogP contribution in [-0.2, 0) is 12.8 Å². The molecule has 0 radical (unpaired) electrons. The molecule has 7 heteroatoms. The fraction of sp³-hybridized carbons (Fsp3) is 0.294. The monoisotopic (exact) mass is 343 g/mol. The molecule has 0 bridgehead atoms. The van der Waals surface area contributed by atoms with Gasteiger partial charge in [-0.05, 0) is 43.7 Å². The van der Waals surface area contributed by atoms with Gasteiger partial charge >= 0.3 is 0 Å². The van der Waals surface area contributed by atoms with E-state index in [-0.39, 0.29) is 5.69 Å². The summed E-state index contributed by atoms with van der Waals surface area (Å²) in [7, 11) is 0. The fourth-order valence-electron chi connectivity index (χ4n) is 2.93. The van der Waals surface area contributed by atoms with Gasteiger partial charge in [0.15, 0.2) is 0 Å². The van der Waals surface area contributed by atoms with E-state index >= 15 is 0 Å². The van der Waals surface area contributed by atoms with Gasteiger partial charge in [0.1, 0.15) is 5.00 Å². The molecule has 0 spiro atoms. The topological polar surface area (TPSA) is 98.6 Å². The summed E-state index contributed by atoms with van der Waals surface area (Å²) in [6, 6.07) is 4.94. The Labute approximate surface area is 143 Å². The molecule has 1 amide bonds. The smallest absolute Gasteiger partial charge is 0.272 e. The Bertz CT molecular complexity index is 855. The van der Waals surface area contributed by atoms with Crippen LogP contribution in [-0.4, -0.2) is 17.0 Å². The van der Waals surface area contributed by atoms with E-state index in [1.807, 2.05) is 0 Å². The highest BCUT2D eigenvalue weighted by Gasteiger charge is 2.23. The van der Waals surface area contributed by atoms with Crippen molar-refractivity contribution in [2.75, 3.05) is 0 Å². The molecule has 124 valence electrons. The maximum atomic E-state index is 11.8. The minimum Gasteiger partial charge on any atom is -0.365 e. The number of carbonyl (C=O) groups is 1. The molecular weight excluding hydrogens is 326 g/mol. The Morgan fingerprint density at radius 2 is 2.12 bits per heavy atom. The molecule has 24 heavy (non-hydrogen) atoms. The van der Waals surface area contributed by atoms with E-state index in [1.165, 1.54) is 22.3 Å². The molecule has 1 aromatic carbocycles.